The van der Waals surface area contributed by atoms with Gasteiger partial charge in [0, 0.05) is 22.9 Å². The van der Waals surface area contributed by atoms with Crippen LogP contribution >= 0.6 is 11.6 Å². The summed E-state index contributed by atoms with van der Waals surface area (Å²) in [6.07, 6.45) is 0. The van der Waals surface area contributed by atoms with E-state index in [-0.39, 0.29) is 11.7 Å². The molecular weight excluding hydrogens is 355 g/mol. The van der Waals surface area contributed by atoms with E-state index < -0.39 is 0 Å². The maximum absolute atomic E-state index is 13.1. The number of halogens is 2. The van der Waals surface area contributed by atoms with Gasteiger partial charge in [-0.2, -0.15) is 5.10 Å². The number of anilines is 2. The van der Waals surface area contributed by atoms with E-state index >= 15 is 0 Å². The Morgan fingerprint density at radius 2 is 1.81 bits per heavy atom. The van der Waals surface area contributed by atoms with E-state index in [1.165, 1.54) is 12.1 Å². The number of fused-ring (bicyclic) bond motifs is 1. The van der Waals surface area contributed by atoms with Crippen LogP contribution in [0.3, 0.4) is 0 Å². The smallest absolute Gasteiger partial charge is 0.276 e. The Morgan fingerprint density at radius 3 is 2.54 bits per heavy atom. The molecule has 0 aliphatic carbocycles. The molecule has 0 fully saturated rings. The van der Waals surface area contributed by atoms with Gasteiger partial charge in [0.2, 0.25) is 0 Å². The number of amides is 1. The lowest BCUT2D eigenvalue weighted by molar-refractivity contribution is 0.0962. The van der Waals surface area contributed by atoms with Gasteiger partial charge < -0.3 is 10.2 Å². The molecule has 1 aliphatic heterocycles. The fourth-order valence-electron chi connectivity index (χ4n) is 2.96. The second-order valence-electron chi connectivity index (χ2n) is 6.04. The Bertz CT molecular complexity index is 937. The van der Waals surface area contributed by atoms with Crippen LogP contribution in [0, 0.1) is 5.82 Å². The lowest BCUT2D eigenvalue weighted by Crippen LogP contribution is -2.40. The van der Waals surface area contributed by atoms with Crippen molar-refractivity contribution in [2.45, 2.75) is 13.1 Å². The van der Waals surface area contributed by atoms with Crippen molar-refractivity contribution in [1.82, 2.24) is 9.78 Å². The van der Waals surface area contributed by atoms with E-state index in [1.807, 2.05) is 24.3 Å². The molecule has 0 spiro atoms. The minimum atomic E-state index is -0.321. The average Bonchev–Trinajstić information content (AvgIpc) is 3.07. The van der Waals surface area contributed by atoms with Crippen LogP contribution in [-0.2, 0) is 13.1 Å². The molecule has 4 rings (SSSR count). The third-order valence-corrected chi connectivity index (χ3v) is 4.54. The SMILES string of the molecule is O=C1c2cc(CNc3ccc(Cl)cc3)nn2CCN1c1ccc(F)cc1. The zero-order valence-corrected chi connectivity index (χ0v) is 14.6. The lowest BCUT2D eigenvalue weighted by Gasteiger charge is -2.27. The predicted octanol–water partition coefficient (Wildman–Crippen LogP) is 3.95. The van der Waals surface area contributed by atoms with Crippen LogP contribution < -0.4 is 10.2 Å². The molecule has 1 aliphatic rings. The fraction of sp³-hybridized carbons (Fsp3) is 0.158. The van der Waals surface area contributed by atoms with Crippen LogP contribution in [0.1, 0.15) is 16.2 Å². The van der Waals surface area contributed by atoms with Crippen molar-refractivity contribution in [2.75, 3.05) is 16.8 Å². The molecule has 1 amide bonds. The van der Waals surface area contributed by atoms with E-state index in [0.29, 0.717) is 36.0 Å². The summed E-state index contributed by atoms with van der Waals surface area (Å²) in [5, 5.41) is 8.44. The molecule has 2 aromatic carbocycles. The van der Waals surface area contributed by atoms with E-state index in [4.69, 9.17) is 11.6 Å². The quantitative estimate of drug-likeness (QED) is 0.756. The van der Waals surface area contributed by atoms with Gasteiger partial charge in [-0.1, -0.05) is 11.6 Å². The third kappa shape index (κ3) is 3.28. The number of rotatable bonds is 4. The van der Waals surface area contributed by atoms with Gasteiger partial charge >= 0.3 is 0 Å². The molecule has 2 heterocycles. The van der Waals surface area contributed by atoms with Crippen molar-refractivity contribution in [3.63, 3.8) is 0 Å². The van der Waals surface area contributed by atoms with Gasteiger partial charge in [0.1, 0.15) is 11.5 Å². The van der Waals surface area contributed by atoms with Gasteiger partial charge in [0.05, 0.1) is 18.8 Å². The van der Waals surface area contributed by atoms with Gasteiger partial charge in [-0.05, 0) is 54.6 Å². The summed E-state index contributed by atoms with van der Waals surface area (Å²) in [5.74, 6) is -0.452. The molecule has 132 valence electrons. The molecule has 5 nitrogen and oxygen atoms in total. The summed E-state index contributed by atoms with van der Waals surface area (Å²) in [7, 11) is 0. The van der Waals surface area contributed by atoms with Crippen molar-refractivity contribution in [1.29, 1.82) is 0 Å². The van der Waals surface area contributed by atoms with Crippen molar-refractivity contribution in [3.8, 4) is 0 Å². The van der Waals surface area contributed by atoms with E-state index in [0.717, 1.165) is 11.4 Å². The van der Waals surface area contributed by atoms with Crippen LogP contribution in [0.15, 0.2) is 54.6 Å². The predicted molar refractivity (Wildman–Crippen MR) is 99.1 cm³/mol. The first-order valence-corrected chi connectivity index (χ1v) is 8.61. The fourth-order valence-corrected chi connectivity index (χ4v) is 3.09. The molecule has 26 heavy (non-hydrogen) atoms. The number of benzene rings is 2. The molecule has 0 saturated carbocycles. The van der Waals surface area contributed by atoms with E-state index in [1.54, 1.807) is 27.8 Å². The molecule has 7 heteroatoms. The minimum absolute atomic E-state index is 0.131. The first kappa shape index (κ1) is 16.6. The van der Waals surface area contributed by atoms with Crippen LogP contribution in [0.25, 0.3) is 0 Å². The summed E-state index contributed by atoms with van der Waals surface area (Å²) in [5.41, 5.74) is 2.93. The average molecular weight is 371 g/mol. The summed E-state index contributed by atoms with van der Waals surface area (Å²) < 4.78 is 14.8. The molecule has 0 unspecified atom stereocenters. The highest BCUT2D eigenvalue weighted by Gasteiger charge is 2.27. The second-order valence-corrected chi connectivity index (χ2v) is 6.47. The Balaban J connectivity index is 1.49. The van der Waals surface area contributed by atoms with Gasteiger partial charge in [0.25, 0.3) is 5.91 Å². The number of nitrogens with zero attached hydrogens (tertiary/aromatic N) is 3. The highest BCUT2D eigenvalue weighted by molar-refractivity contribution is 6.30. The van der Waals surface area contributed by atoms with Gasteiger partial charge in [-0.15, -0.1) is 0 Å². The number of carbonyl (C=O) groups is 1. The summed E-state index contributed by atoms with van der Waals surface area (Å²) in [6, 6.07) is 15.1. The van der Waals surface area contributed by atoms with E-state index in [9.17, 15) is 9.18 Å². The number of aromatic nitrogens is 2. The first-order valence-electron chi connectivity index (χ1n) is 8.24. The number of carbonyl (C=O) groups excluding carboxylic acids is 1. The molecule has 0 radical (unpaired) electrons. The van der Waals surface area contributed by atoms with Gasteiger partial charge in [-0.3, -0.25) is 9.48 Å². The Labute approximate surface area is 155 Å². The van der Waals surface area contributed by atoms with Crippen LogP contribution in [0.2, 0.25) is 5.02 Å². The van der Waals surface area contributed by atoms with Crippen molar-refractivity contribution < 1.29 is 9.18 Å². The van der Waals surface area contributed by atoms with Crippen molar-refractivity contribution in [3.05, 3.63) is 76.8 Å². The van der Waals surface area contributed by atoms with Crippen molar-refractivity contribution >= 4 is 28.9 Å². The molecule has 1 aromatic heterocycles. The Hall–Kier alpha value is -2.86. The topological polar surface area (TPSA) is 50.2 Å². The highest BCUT2D eigenvalue weighted by Crippen LogP contribution is 2.22. The summed E-state index contributed by atoms with van der Waals surface area (Å²) in [6.45, 7) is 1.61. The maximum Gasteiger partial charge on any atom is 0.276 e. The largest absolute Gasteiger partial charge is 0.379 e. The number of hydrogen-bond donors (Lipinski definition) is 1. The molecule has 0 atom stereocenters. The molecular formula is C19H16ClFN4O. The summed E-state index contributed by atoms with van der Waals surface area (Å²) >= 11 is 5.88. The summed E-state index contributed by atoms with van der Waals surface area (Å²) in [4.78, 5) is 14.4. The zero-order chi connectivity index (χ0) is 18.1. The molecule has 1 N–H and O–H groups in total. The molecule has 0 saturated heterocycles. The second kappa shape index (κ2) is 6.80. The third-order valence-electron chi connectivity index (χ3n) is 4.29. The first-order chi connectivity index (χ1) is 12.6. The highest BCUT2D eigenvalue weighted by atomic mass is 35.5. The van der Waals surface area contributed by atoms with Gasteiger partial charge in [0.15, 0.2) is 0 Å². The molecule has 3 aromatic rings. The van der Waals surface area contributed by atoms with Crippen LogP contribution in [0.4, 0.5) is 15.8 Å². The minimum Gasteiger partial charge on any atom is -0.379 e. The van der Waals surface area contributed by atoms with Crippen molar-refractivity contribution in [2.24, 2.45) is 0 Å². The van der Waals surface area contributed by atoms with Crippen LogP contribution in [-0.4, -0.2) is 22.2 Å². The van der Waals surface area contributed by atoms with Crippen LogP contribution in [0.5, 0.6) is 0 Å². The molecule has 0 bridgehead atoms. The lowest BCUT2D eigenvalue weighted by atomic mass is 10.2. The zero-order valence-electron chi connectivity index (χ0n) is 13.8. The monoisotopic (exact) mass is 370 g/mol. The Morgan fingerprint density at radius 1 is 1.08 bits per heavy atom. The maximum atomic E-state index is 13.1. The van der Waals surface area contributed by atoms with Gasteiger partial charge in [-0.25, -0.2) is 4.39 Å². The standard InChI is InChI=1S/C19H16ClFN4O/c20-13-1-5-15(6-2-13)22-12-16-11-18-19(26)24(9-10-25(18)23-16)17-7-3-14(21)4-8-17/h1-8,11,22H,9-10,12H2. The number of hydrogen-bond acceptors (Lipinski definition) is 3. The van der Waals surface area contributed by atoms with E-state index in [2.05, 4.69) is 10.4 Å². The Kier molecular flexibility index (Phi) is 4.34. The number of nitrogens with one attached hydrogen (secondary N) is 1. The normalized spacial score (nSPS) is 13.6.